The maximum Gasteiger partial charge on any atom is 0.232 e. The monoisotopic (exact) mass is 268 g/mol. The molecule has 0 aromatic rings. The maximum atomic E-state index is 10.9. The second-order valence-corrected chi connectivity index (χ2v) is 7.49. The van der Waals surface area contributed by atoms with Gasteiger partial charge in [-0.05, 0) is 24.7 Å². The lowest BCUT2D eigenvalue weighted by Gasteiger charge is -2.15. The molecule has 96 valence electrons. The van der Waals surface area contributed by atoms with Gasteiger partial charge in [0.25, 0.3) is 0 Å². The van der Waals surface area contributed by atoms with Gasteiger partial charge >= 0.3 is 0 Å². The van der Waals surface area contributed by atoms with Crippen molar-refractivity contribution < 1.29 is 13.2 Å². The average molecular weight is 269 g/mol. The number of hydrogen-bond donors (Lipinski definition) is 0. The summed E-state index contributed by atoms with van der Waals surface area (Å²) in [5, 5.41) is 0. The molecule has 0 spiro atoms. The molecule has 0 aromatic carbocycles. The summed E-state index contributed by atoms with van der Waals surface area (Å²) in [7, 11) is 1.84. The molecule has 16 heavy (non-hydrogen) atoms. The van der Waals surface area contributed by atoms with Gasteiger partial charge in [0.05, 0.1) is 12.4 Å². The molecule has 1 aliphatic carbocycles. The summed E-state index contributed by atoms with van der Waals surface area (Å²) >= 11 is 0. The highest BCUT2D eigenvalue weighted by atomic mass is 35.7. The predicted molar refractivity (Wildman–Crippen MR) is 66.2 cm³/mol. The van der Waals surface area contributed by atoms with E-state index in [2.05, 4.69) is 0 Å². The van der Waals surface area contributed by atoms with Crippen LogP contribution in [0.1, 0.15) is 39.0 Å². The molecule has 1 fully saturated rings. The Morgan fingerprint density at radius 2 is 2.00 bits per heavy atom. The highest BCUT2D eigenvalue weighted by molar-refractivity contribution is 8.13. The van der Waals surface area contributed by atoms with Gasteiger partial charge in [-0.2, -0.15) is 0 Å². The van der Waals surface area contributed by atoms with Crippen LogP contribution in [0.4, 0.5) is 0 Å². The van der Waals surface area contributed by atoms with Gasteiger partial charge in [0, 0.05) is 17.3 Å². The lowest BCUT2D eigenvalue weighted by atomic mass is 10.1. The standard InChI is InChI=1S/C11H21ClO3S/c1-2-10(9-16(12,13)14)7-15-8-11-5-3-4-6-11/h10-11H,2-9H2,1H3. The van der Waals surface area contributed by atoms with Crippen LogP contribution in [0.15, 0.2) is 0 Å². The first kappa shape index (κ1) is 14.3. The van der Waals surface area contributed by atoms with E-state index in [1.807, 2.05) is 6.92 Å². The summed E-state index contributed by atoms with van der Waals surface area (Å²) in [5.41, 5.74) is 0. The van der Waals surface area contributed by atoms with Crippen LogP contribution in [-0.4, -0.2) is 27.4 Å². The van der Waals surface area contributed by atoms with Gasteiger partial charge in [0.2, 0.25) is 9.05 Å². The number of hydrogen-bond acceptors (Lipinski definition) is 3. The summed E-state index contributed by atoms with van der Waals surface area (Å²) < 4.78 is 27.5. The van der Waals surface area contributed by atoms with Crippen LogP contribution in [0.5, 0.6) is 0 Å². The first-order valence-corrected chi connectivity index (χ1v) is 8.49. The molecular weight excluding hydrogens is 248 g/mol. The minimum Gasteiger partial charge on any atom is -0.381 e. The molecule has 0 radical (unpaired) electrons. The van der Waals surface area contributed by atoms with E-state index in [4.69, 9.17) is 15.4 Å². The van der Waals surface area contributed by atoms with Crippen LogP contribution in [0.2, 0.25) is 0 Å². The molecule has 0 amide bonds. The van der Waals surface area contributed by atoms with E-state index in [-0.39, 0.29) is 11.7 Å². The second kappa shape index (κ2) is 6.82. The van der Waals surface area contributed by atoms with Crippen LogP contribution >= 0.6 is 10.7 Å². The zero-order valence-corrected chi connectivity index (χ0v) is 11.4. The van der Waals surface area contributed by atoms with Gasteiger partial charge in [0.15, 0.2) is 0 Å². The maximum absolute atomic E-state index is 10.9. The zero-order valence-electron chi connectivity index (χ0n) is 9.82. The van der Waals surface area contributed by atoms with Crippen molar-refractivity contribution >= 4 is 19.7 Å². The quantitative estimate of drug-likeness (QED) is 0.667. The van der Waals surface area contributed by atoms with Crippen LogP contribution in [0.3, 0.4) is 0 Å². The SMILES string of the molecule is CCC(COCC1CCCC1)CS(=O)(=O)Cl. The molecule has 3 nitrogen and oxygen atoms in total. The van der Waals surface area contributed by atoms with Crippen LogP contribution in [-0.2, 0) is 13.8 Å². The van der Waals surface area contributed by atoms with Crippen molar-refractivity contribution in [3.05, 3.63) is 0 Å². The molecule has 0 saturated heterocycles. The molecule has 1 unspecified atom stereocenters. The Morgan fingerprint density at radius 3 is 2.50 bits per heavy atom. The third-order valence-corrected chi connectivity index (χ3v) is 4.44. The second-order valence-electron chi connectivity index (χ2n) is 4.67. The number of halogens is 1. The zero-order chi connectivity index (χ0) is 12.0. The van der Waals surface area contributed by atoms with E-state index in [9.17, 15) is 8.42 Å². The van der Waals surface area contributed by atoms with Crippen molar-refractivity contribution in [2.24, 2.45) is 11.8 Å². The highest BCUT2D eigenvalue weighted by Crippen LogP contribution is 2.25. The summed E-state index contributed by atoms with van der Waals surface area (Å²) in [4.78, 5) is 0. The van der Waals surface area contributed by atoms with E-state index in [0.29, 0.717) is 12.5 Å². The molecule has 0 heterocycles. The largest absolute Gasteiger partial charge is 0.381 e. The Labute approximate surface area is 103 Å². The number of rotatable bonds is 7. The molecule has 1 aliphatic rings. The molecule has 0 bridgehead atoms. The van der Waals surface area contributed by atoms with E-state index in [0.717, 1.165) is 13.0 Å². The Morgan fingerprint density at radius 1 is 1.38 bits per heavy atom. The van der Waals surface area contributed by atoms with E-state index < -0.39 is 9.05 Å². The fourth-order valence-electron chi connectivity index (χ4n) is 2.14. The molecule has 1 atom stereocenters. The molecule has 1 saturated carbocycles. The molecule has 1 rings (SSSR count). The van der Waals surface area contributed by atoms with Gasteiger partial charge in [-0.25, -0.2) is 8.42 Å². The normalized spacial score (nSPS) is 20.1. The van der Waals surface area contributed by atoms with Gasteiger partial charge in [-0.3, -0.25) is 0 Å². The predicted octanol–water partition coefficient (Wildman–Crippen LogP) is 2.79. The van der Waals surface area contributed by atoms with Crippen LogP contribution < -0.4 is 0 Å². The minimum absolute atomic E-state index is 0.0235. The van der Waals surface area contributed by atoms with E-state index in [1.165, 1.54) is 25.7 Å². The minimum atomic E-state index is -3.39. The van der Waals surface area contributed by atoms with Crippen molar-refractivity contribution in [2.75, 3.05) is 19.0 Å². The smallest absolute Gasteiger partial charge is 0.232 e. The number of ether oxygens (including phenoxy) is 1. The third-order valence-electron chi connectivity index (χ3n) is 3.19. The van der Waals surface area contributed by atoms with Crippen molar-refractivity contribution in [1.29, 1.82) is 0 Å². The van der Waals surface area contributed by atoms with Crippen molar-refractivity contribution in [2.45, 2.75) is 39.0 Å². The molecule has 5 heteroatoms. The summed E-state index contributed by atoms with van der Waals surface area (Å²) in [6.07, 6.45) is 5.91. The Balaban J connectivity index is 2.18. The van der Waals surface area contributed by atoms with Gasteiger partial charge < -0.3 is 4.74 Å². The molecule has 0 aliphatic heterocycles. The summed E-state index contributed by atoms with van der Waals surface area (Å²) in [6, 6.07) is 0. The summed E-state index contributed by atoms with van der Waals surface area (Å²) in [6.45, 7) is 3.25. The lowest BCUT2D eigenvalue weighted by molar-refractivity contribution is 0.0769. The van der Waals surface area contributed by atoms with E-state index in [1.54, 1.807) is 0 Å². The van der Waals surface area contributed by atoms with Gasteiger partial charge in [-0.15, -0.1) is 0 Å². The first-order valence-electron chi connectivity index (χ1n) is 6.01. The molecule has 0 aromatic heterocycles. The molecule has 0 N–H and O–H groups in total. The Hall–Kier alpha value is 0.200. The van der Waals surface area contributed by atoms with Crippen molar-refractivity contribution in [3.8, 4) is 0 Å². The Kier molecular flexibility index (Phi) is 6.08. The lowest BCUT2D eigenvalue weighted by Crippen LogP contribution is -2.19. The topological polar surface area (TPSA) is 43.4 Å². The Bertz CT molecular complexity index is 284. The first-order chi connectivity index (χ1) is 7.51. The van der Waals surface area contributed by atoms with Gasteiger partial charge in [-0.1, -0.05) is 26.2 Å². The van der Waals surface area contributed by atoms with Crippen molar-refractivity contribution in [1.82, 2.24) is 0 Å². The fourth-order valence-corrected chi connectivity index (χ4v) is 3.57. The van der Waals surface area contributed by atoms with Gasteiger partial charge in [0.1, 0.15) is 0 Å². The fraction of sp³-hybridized carbons (Fsp3) is 1.00. The highest BCUT2D eigenvalue weighted by Gasteiger charge is 2.18. The van der Waals surface area contributed by atoms with Crippen LogP contribution in [0.25, 0.3) is 0 Å². The van der Waals surface area contributed by atoms with Crippen molar-refractivity contribution in [3.63, 3.8) is 0 Å². The van der Waals surface area contributed by atoms with E-state index >= 15 is 0 Å². The average Bonchev–Trinajstić information content (AvgIpc) is 2.67. The molecular formula is C11H21ClO3S. The van der Waals surface area contributed by atoms with Crippen LogP contribution in [0, 0.1) is 11.8 Å². The third kappa shape index (κ3) is 6.06. The summed E-state index contributed by atoms with van der Waals surface area (Å²) in [5.74, 6) is 0.740.